The predicted octanol–water partition coefficient (Wildman–Crippen LogP) is 2.16. The molecule has 3 aliphatic rings. The second kappa shape index (κ2) is 5.04. The molecule has 0 amide bonds. The van der Waals surface area contributed by atoms with Crippen molar-refractivity contribution in [3.05, 3.63) is 30.3 Å². The Kier molecular flexibility index (Phi) is 3.50. The van der Waals surface area contributed by atoms with Gasteiger partial charge in [-0.2, -0.15) is 0 Å². The van der Waals surface area contributed by atoms with Gasteiger partial charge in [0.1, 0.15) is 6.10 Å². The van der Waals surface area contributed by atoms with Crippen LogP contribution in [0.3, 0.4) is 0 Å². The van der Waals surface area contributed by atoms with Gasteiger partial charge in [-0.3, -0.25) is 4.79 Å². The van der Waals surface area contributed by atoms with Gasteiger partial charge in [0.2, 0.25) is 0 Å². The number of carbonyl (C=O) groups excluding carboxylic acids is 1. The van der Waals surface area contributed by atoms with Gasteiger partial charge in [-0.05, 0) is 25.0 Å². The van der Waals surface area contributed by atoms with Crippen LogP contribution in [0.1, 0.15) is 19.3 Å². The van der Waals surface area contributed by atoms with Crippen LogP contribution in [-0.4, -0.2) is 31.1 Å². The highest BCUT2D eigenvalue weighted by atomic mass is 35.5. The molecule has 20 heavy (non-hydrogen) atoms. The molecule has 0 spiro atoms. The lowest BCUT2D eigenvalue weighted by atomic mass is 9.86. The number of alkyl halides is 1. The summed E-state index contributed by atoms with van der Waals surface area (Å²) in [4.78, 5) is 12.3. The minimum atomic E-state index is -3.76. The number of carbonyl (C=O) groups is 1. The van der Waals surface area contributed by atoms with Crippen LogP contribution in [0.25, 0.3) is 0 Å². The third kappa shape index (κ3) is 2.23. The van der Waals surface area contributed by atoms with Crippen LogP contribution in [0.15, 0.2) is 35.2 Å². The lowest BCUT2D eigenvalue weighted by Crippen LogP contribution is -2.40. The summed E-state index contributed by atoms with van der Waals surface area (Å²) in [6.07, 6.45) is 1.61. The van der Waals surface area contributed by atoms with Crippen LogP contribution < -0.4 is 0 Å². The number of esters is 1. The number of benzene rings is 1. The van der Waals surface area contributed by atoms with Gasteiger partial charge in [-0.1, -0.05) is 18.2 Å². The summed E-state index contributed by atoms with van der Waals surface area (Å²) in [7, 11) is -3.76. The van der Waals surface area contributed by atoms with E-state index in [-0.39, 0.29) is 22.3 Å². The number of ether oxygens (including phenoxy) is 1. The Bertz CT molecular complexity index is 613. The van der Waals surface area contributed by atoms with Crippen LogP contribution in [0.5, 0.6) is 0 Å². The molecule has 4 nitrogen and oxygen atoms in total. The smallest absolute Gasteiger partial charge is 0.325 e. The van der Waals surface area contributed by atoms with Gasteiger partial charge < -0.3 is 4.74 Å². The molecular formula is C14H15ClO4S. The Morgan fingerprint density at radius 1 is 1.15 bits per heavy atom. The average Bonchev–Trinajstić information content (AvgIpc) is 2.65. The molecular weight excluding hydrogens is 300 g/mol. The molecule has 4 rings (SSSR count). The molecule has 2 aliphatic heterocycles. The van der Waals surface area contributed by atoms with Gasteiger partial charge in [0.15, 0.2) is 15.1 Å². The van der Waals surface area contributed by atoms with E-state index in [0.29, 0.717) is 19.3 Å². The SMILES string of the molecule is O=C1O[C@@H]2CC[C@@H]([C@H](Cl)C2)[C@@H]1S(=O)(=O)c1ccccc1. The van der Waals surface area contributed by atoms with Crippen molar-refractivity contribution in [1.29, 1.82) is 0 Å². The van der Waals surface area contributed by atoms with Crippen molar-refractivity contribution in [2.24, 2.45) is 5.92 Å². The average molecular weight is 315 g/mol. The normalized spacial score (nSPS) is 33.5. The first-order valence-corrected chi connectivity index (χ1v) is 8.62. The Hall–Kier alpha value is -1.07. The third-order valence-corrected chi connectivity index (χ3v) is 6.73. The summed E-state index contributed by atoms with van der Waals surface area (Å²) in [5.41, 5.74) is 0. The first kappa shape index (κ1) is 13.9. The highest BCUT2D eigenvalue weighted by Crippen LogP contribution is 2.40. The van der Waals surface area contributed by atoms with E-state index < -0.39 is 21.1 Å². The van der Waals surface area contributed by atoms with Gasteiger partial charge in [0.05, 0.1) is 4.90 Å². The minimum Gasteiger partial charge on any atom is -0.461 e. The van der Waals surface area contributed by atoms with Crippen LogP contribution in [0, 0.1) is 5.92 Å². The van der Waals surface area contributed by atoms with Crippen LogP contribution in [-0.2, 0) is 19.4 Å². The summed E-state index contributed by atoms with van der Waals surface area (Å²) in [6.45, 7) is 0. The van der Waals surface area contributed by atoms with E-state index in [4.69, 9.17) is 16.3 Å². The van der Waals surface area contributed by atoms with Crippen molar-refractivity contribution in [3.63, 3.8) is 0 Å². The number of sulfone groups is 1. The molecule has 3 fully saturated rings. The van der Waals surface area contributed by atoms with E-state index in [1.165, 1.54) is 12.1 Å². The fraction of sp³-hybridized carbons (Fsp3) is 0.500. The number of hydrogen-bond acceptors (Lipinski definition) is 4. The topological polar surface area (TPSA) is 60.4 Å². The molecule has 2 saturated heterocycles. The van der Waals surface area contributed by atoms with E-state index in [1.807, 2.05) is 0 Å². The van der Waals surface area contributed by atoms with E-state index in [1.54, 1.807) is 18.2 Å². The predicted molar refractivity (Wildman–Crippen MR) is 74.3 cm³/mol. The molecule has 1 aliphatic carbocycles. The number of rotatable bonds is 2. The van der Waals surface area contributed by atoms with Gasteiger partial charge in [-0.25, -0.2) is 8.42 Å². The molecule has 0 unspecified atom stereocenters. The van der Waals surface area contributed by atoms with Crippen molar-refractivity contribution >= 4 is 27.4 Å². The summed E-state index contributed by atoms with van der Waals surface area (Å²) < 4.78 is 30.7. The first-order chi connectivity index (χ1) is 9.50. The van der Waals surface area contributed by atoms with Crippen LogP contribution in [0.4, 0.5) is 0 Å². The monoisotopic (exact) mass is 314 g/mol. The molecule has 1 aromatic rings. The second-order valence-electron chi connectivity index (χ2n) is 5.33. The fourth-order valence-corrected chi connectivity index (χ4v) is 5.55. The zero-order valence-electron chi connectivity index (χ0n) is 10.7. The number of fused-ring (bicyclic) bond motifs is 4. The van der Waals surface area contributed by atoms with Crippen molar-refractivity contribution < 1.29 is 17.9 Å². The Morgan fingerprint density at radius 3 is 2.50 bits per heavy atom. The fourth-order valence-electron chi connectivity index (χ4n) is 3.07. The Balaban J connectivity index is 2.05. The van der Waals surface area contributed by atoms with E-state index >= 15 is 0 Å². The van der Waals surface area contributed by atoms with E-state index in [9.17, 15) is 13.2 Å². The third-order valence-electron chi connectivity index (χ3n) is 4.08. The molecule has 0 radical (unpaired) electrons. The van der Waals surface area contributed by atoms with Gasteiger partial charge in [-0.15, -0.1) is 11.6 Å². The second-order valence-corrected chi connectivity index (χ2v) is 7.96. The van der Waals surface area contributed by atoms with Gasteiger partial charge >= 0.3 is 5.97 Å². The molecule has 1 aromatic carbocycles. The summed E-state index contributed by atoms with van der Waals surface area (Å²) in [6, 6.07) is 8.03. The van der Waals surface area contributed by atoms with Gasteiger partial charge in [0.25, 0.3) is 0 Å². The van der Waals surface area contributed by atoms with E-state index in [0.717, 1.165) is 0 Å². The van der Waals surface area contributed by atoms with Crippen LogP contribution in [0.2, 0.25) is 0 Å². The highest BCUT2D eigenvalue weighted by Gasteiger charge is 2.50. The summed E-state index contributed by atoms with van der Waals surface area (Å²) in [5.74, 6) is -1.02. The summed E-state index contributed by atoms with van der Waals surface area (Å²) in [5, 5.41) is -1.51. The van der Waals surface area contributed by atoms with Crippen molar-refractivity contribution in [1.82, 2.24) is 0 Å². The Labute approximate surface area is 123 Å². The molecule has 2 bridgehead atoms. The van der Waals surface area contributed by atoms with Crippen molar-refractivity contribution in [2.45, 2.75) is 40.9 Å². The lowest BCUT2D eigenvalue weighted by molar-refractivity contribution is -0.146. The number of hydrogen-bond donors (Lipinski definition) is 0. The lowest BCUT2D eigenvalue weighted by Gasteiger charge is -2.28. The number of halogens is 1. The van der Waals surface area contributed by atoms with E-state index in [2.05, 4.69) is 0 Å². The highest BCUT2D eigenvalue weighted by molar-refractivity contribution is 7.92. The molecule has 4 atom stereocenters. The molecule has 108 valence electrons. The molecule has 2 heterocycles. The van der Waals surface area contributed by atoms with Gasteiger partial charge in [0, 0.05) is 17.7 Å². The van der Waals surface area contributed by atoms with Crippen molar-refractivity contribution in [2.75, 3.05) is 0 Å². The zero-order valence-corrected chi connectivity index (χ0v) is 12.3. The largest absolute Gasteiger partial charge is 0.461 e. The molecule has 6 heteroatoms. The summed E-state index contributed by atoms with van der Waals surface area (Å²) >= 11 is 6.27. The van der Waals surface area contributed by atoms with Crippen LogP contribution >= 0.6 is 11.6 Å². The minimum absolute atomic E-state index is 0.149. The quantitative estimate of drug-likeness (QED) is 0.620. The Morgan fingerprint density at radius 2 is 1.85 bits per heavy atom. The first-order valence-electron chi connectivity index (χ1n) is 6.63. The maximum Gasteiger partial charge on any atom is 0.325 e. The molecule has 1 saturated carbocycles. The van der Waals surface area contributed by atoms with Crippen molar-refractivity contribution in [3.8, 4) is 0 Å². The maximum atomic E-state index is 12.7. The molecule has 0 aromatic heterocycles. The maximum absolute atomic E-state index is 12.7. The standard InChI is InChI=1S/C14H15ClO4S/c15-12-8-9-6-7-11(12)13(14(16)19-9)20(17,18)10-4-2-1-3-5-10/h1-5,9,11-13H,6-8H2/t9-,11+,12-,13+/m1/s1. The molecule has 0 N–H and O–H groups in total. The zero-order chi connectivity index (χ0) is 14.3.